The van der Waals surface area contributed by atoms with Crippen molar-refractivity contribution in [3.63, 3.8) is 0 Å². The summed E-state index contributed by atoms with van der Waals surface area (Å²) in [6.07, 6.45) is 0.452. The van der Waals surface area contributed by atoms with Gasteiger partial charge in [0.1, 0.15) is 0 Å². The first-order valence-corrected chi connectivity index (χ1v) is 9.73. The number of halogens is 2. The van der Waals surface area contributed by atoms with E-state index in [0.717, 1.165) is 6.07 Å². The average Bonchev–Trinajstić information content (AvgIpc) is 2.92. The van der Waals surface area contributed by atoms with Gasteiger partial charge in [-0.25, -0.2) is 8.42 Å². The fourth-order valence-electron chi connectivity index (χ4n) is 3.02. The van der Waals surface area contributed by atoms with E-state index in [1.54, 1.807) is 0 Å². The van der Waals surface area contributed by atoms with E-state index in [9.17, 15) is 27.3 Å². The normalized spacial score (nSPS) is 19.1. The van der Waals surface area contributed by atoms with Crippen LogP contribution in [0.1, 0.15) is 18.9 Å². The van der Waals surface area contributed by atoms with Gasteiger partial charge in [0, 0.05) is 18.2 Å². The fourth-order valence-corrected chi connectivity index (χ4v) is 4.78. The van der Waals surface area contributed by atoms with Crippen LogP contribution >= 0.6 is 0 Å². The summed E-state index contributed by atoms with van der Waals surface area (Å²) in [6, 6.07) is 1.94. The summed E-state index contributed by atoms with van der Waals surface area (Å²) in [5.74, 6) is -0.399. The third-order valence-electron chi connectivity index (χ3n) is 4.28. The number of alkyl halides is 2. The maximum Gasteiger partial charge on any atom is 0.387 e. The Morgan fingerprint density at radius 3 is 2.54 bits per heavy atom. The first-order valence-electron chi connectivity index (χ1n) is 7.91. The highest BCUT2D eigenvalue weighted by atomic mass is 32.2. The standard InChI is InChI=1S/C15H20F2N2O6S/c1-3-18(11-4-5-26(22,23)9-11)8-10-6-13(24-2)14(25-15(16)17)7-12(10)19(20)21/h6-7,11,15H,3-5,8-9H2,1-2H3. The number of nitrogens with zero attached hydrogens (tertiary/aromatic N) is 2. The van der Waals surface area contributed by atoms with Crippen LogP contribution in [0.5, 0.6) is 11.5 Å². The summed E-state index contributed by atoms with van der Waals surface area (Å²) in [5.41, 5.74) is -0.152. The molecule has 2 rings (SSSR count). The predicted octanol–water partition coefficient (Wildman–Crippen LogP) is 2.21. The Bertz CT molecular complexity index is 772. The van der Waals surface area contributed by atoms with Crippen LogP contribution in [-0.2, 0) is 16.4 Å². The second-order valence-corrected chi connectivity index (χ2v) is 8.12. The van der Waals surface area contributed by atoms with Crippen LogP contribution in [0.4, 0.5) is 14.5 Å². The van der Waals surface area contributed by atoms with E-state index in [4.69, 9.17) is 4.74 Å². The summed E-state index contributed by atoms with van der Waals surface area (Å²) in [5, 5.41) is 11.4. The monoisotopic (exact) mass is 394 g/mol. The van der Waals surface area contributed by atoms with E-state index in [2.05, 4.69) is 4.74 Å². The van der Waals surface area contributed by atoms with Crippen LogP contribution in [0.25, 0.3) is 0 Å². The molecule has 1 heterocycles. The summed E-state index contributed by atoms with van der Waals surface area (Å²) in [6.45, 7) is -0.750. The molecule has 8 nitrogen and oxygen atoms in total. The van der Waals surface area contributed by atoms with E-state index in [1.807, 2.05) is 11.8 Å². The molecule has 0 bridgehead atoms. The zero-order valence-corrected chi connectivity index (χ0v) is 15.2. The summed E-state index contributed by atoms with van der Waals surface area (Å²) < 4.78 is 57.7. The number of rotatable bonds is 8. The molecule has 0 aromatic heterocycles. The van der Waals surface area contributed by atoms with E-state index in [0.29, 0.717) is 13.0 Å². The van der Waals surface area contributed by atoms with Gasteiger partial charge in [0.05, 0.1) is 29.6 Å². The van der Waals surface area contributed by atoms with Crippen LogP contribution < -0.4 is 9.47 Å². The Kier molecular flexibility index (Phi) is 6.34. The summed E-state index contributed by atoms with van der Waals surface area (Å²) in [7, 11) is -1.87. The van der Waals surface area contributed by atoms with Gasteiger partial charge >= 0.3 is 6.61 Å². The van der Waals surface area contributed by atoms with Crippen molar-refractivity contribution in [3.8, 4) is 11.5 Å². The molecule has 1 aliphatic heterocycles. The molecule has 0 spiro atoms. The van der Waals surface area contributed by atoms with Crippen LogP contribution in [0.2, 0.25) is 0 Å². The van der Waals surface area contributed by atoms with Gasteiger partial charge in [-0.05, 0) is 19.0 Å². The smallest absolute Gasteiger partial charge is 0.387 e. The number of hydrogen-bond acceptors (Lipinski definition) is 7. The number of ether oxygens (including phenoxy) is 2. The molecule has 1 aromatic carbocycles. The van der Waals surface area contributed by atoms with Crippen molar-refractivity contribution in [3.05, 3.63) is 27.8 Å². The number of sulfone groups is 1. The zero-order chi connectivity index (χ0) is 19.5. The van der Waals surface area contributed by atoms with E-state index in [-0.39, 0.29) is 41.1 Å². The summed E-state index contributed by atoms with van der Waals surface area (Å²) in [4.78, 5) is 12.5. The van der Waals surface area contributed by atoms with Crippen LogP contribution in [0.15, 0.2) is 12.1 Å². The molecular weight excluding hydrogens is 374 g/mol. The van der Waals surface area contributed by atoms with E-state index < -0.39 is 27.1 Å². The van der Waals surface area contributed by atoms with Crippen molar-refractivity contribution in [2.24, 2.45) is 0 Å². The molecule has 1 aromatic rings. The minimum Gasteiger partial charge on any atom is -0.493 e. The minimum absolute atomic E-state index is 0.00164. The molecule has 0 amide bonds. The molecule has 1 unspecified atom stereocenters. The van der Waals surface area contributed by atoms with E-state index >= 15 is 0 Å². The zero-order valence-electron chi connectivity index (χ0n) is 14.4. The molecule has 0 radical (unpaired) electrons. The third kappa shape index (κ3) is 4.79. The highest BCUT2D eigenvalue weighted by Crippen LogP contribution is 2.36. The van der Waals surface area contributed by atoms with Crippen molar-refractivity contribution >= 4 is 15.5 Å². The van der Waals surface area contributed by atoms with Crippen molar-refractivity contribution < 1.29 is 31.6 Å². The van der Waals surface area contributed by atoms with Gasteiger partial charge in [-0.2, -0.15) is 8.78 Å². The maximum atomic E-state index is 12.5. The highest BCUT2D eigenvalue weighted by molar-refractivity contribution is 7.91. The Morgan fingerprint density at radius 1 is 1.38 bits per heavy atom. The minimum atomic E-state index is -3.15. The number of nitro groups is 1. The molecule has 0 saturated carbocycles. The molecular formula is C15H20F2N2O6S. The molecule has 0 N–H and O–H groups in total. The molecule has 1 aliphatic rings. The second-order valence-electron chi connectivity index (χ2n) is 5.89. The Morgan fingerprint density at radius 2 is 2.08 bits per heavy atom. The van der Waals surface area contributed by atoms with Crippen molar-refractivity contribution in [2.75, 3.05) is 25.2 Å². The van der Waals surface area contributed by atoms with Gasteiger partial charge in [-0.1, -0.05) is 6.92 Å². The lowest BCUT2D eigenvalue weighted by atomic mass is 10.1. The number of hydrogen-bond donors (Lipinski definition) is 0. The largest absolute Gasteiger partial charge is 0.493 e. The third-order valence-corrected chi connectivity index (χ3v) is 6.03. The van der Waals surface area contributed by atoms with Gasteiger partial charge in [0.15, 0.2) is 21.3 Å². The number of nitro benzene ring substituents is 1. The molecule has 11 heteroatoms. The lowest BCUT2D eigenvalue weighted by Crippen LogP contribution is -2.35. The SMILES string of the molecule is CCN(Cc1cc(OC)c(OC(F)F)cc1[N+](=O)[O-])C1CCS(=O)(=O)C1. The number of benzene rings is 1. The Labute approximate surface area is 149 Å². The topological polar surface area (TPSA) is 99.0 Å². The summed E-state index contributed by atoms with van der Waals surface area (Å²) >= 11 is 0. The van der Waals surface area contributed by atoms with Crippen LogP contribution in [0, 0.1) is 10.1 Å². The molecule has 0 aliphatic carbocycles. The maximum absolute atomic E-state index is 12.5. The highest BCUT2D eigenvalue weighted by Gasteiger charge is 2.33. The molecule has 146 valence electrons. The molecule has 1 saturated heterocycles. The first-order chi connectivity index (χ1) is 12.2. The Hall–Kier alpha value is -2.01. The number of methoxy groups -OCH3 is 1. The molecule has 1 atom stereocenters. The van der Waals surface area contributed by atoms with Gasteiger partial charge in [0.25, 0.3) is 5.69 Å². The lowest BCUT2D eigenvalue weighted by Gasteiger charge is -2.26. The second kappa shape index (κ2) is 8.12. The van der Waals surface area contributed by atoms with Crippen LogP contribution in [-0.4, -0.2) is 56.1 Å². The molecule has 1 fully saturated rings. The van der Waals surface area contributed by atoms with Gasteiger partial charge in [-0.3, -0.25) is 15.0 Å². The molecule has 26 heavy (non-hydrogen) atoms. The fraction of sp³-hybridized carbons (Fsp3) is 0.600. The van der Waals surface area contributed by atoms with Crippen molar-refractivity contribution in [1.29, 1.82) is 0 Å². The van der Waals surface area contributed by atoms with Gasteiger partial charge in [-0.15, -0.1) is 0 Å². The van der Waals surface area contributed by atoms with Gasteiger partial charge in [0.2, 0.25) is 0 Å². The van der Waals surface area contributed by atoms with Crippen molar-refractivity contribution in [1.82, 2.24) is 4.90 Å². The van der Waals surface area contributed by atoms with Crippen LogP contribution in [0.3, 0.4) is 0 Å². The average molecular weight is 394 g/mol. The van der Waals surface area contributed by atoms with Crippen molar-refractivity contribution in [2.45, 2.75) is 32.5 Å². The first kappa shape index (κ1) is 20.3. The quantitative estimate of drug-likeness (QED) is 0.492. The van der Waals surface area contributed by atoms with Gasteiger partial charge < -0.3 is 9.47 Å². The lowest BCUT2D eigenvalue weighted by molar-refractivity contribution is -0.385. The Balaban J connectivity index is 2.35. The van der Waals surface area contributed by atoms with E-state index in [1.165, 1.54) is 13.2 Å². The predicted molar refractivity (Wildman–Crippen MR) is 89.4 cm³/mol.